The van der Waals surface area contributed by atoms with Gasteiger partial charge in [-0.25, -0.2) is 4.79 Å². The van der Waals surface area contributed by atoms with Gasteiger partial charge in [-0.1, -0.05) is 42.5 Å². The van der Waals surface area contributed by atoms with E-state index < -0.39 is 5.97 Å². The number of allylic oxidation sites excluding steroid dienone is 2. The van der Waals surface area contributed by atoms with Gasteiger partial charge in [-0.3, -0.25) is 0 Å². The van der Waals surface area contributed by atoms with Gasteiger partial charge < -0.3 is 10.4 Å². The molecular formula is C19H17NO2. The summed E-state index contributed by atoms with van der Waals surface area (Å²) in [6.45, 7) is 0. The number of carboxylic acids is 1. The largest absolute Gasteiger partial charge is 0.478 e. The molecule has 0 bridgehead atoms. The zero-order chi connectivity index (χ0) is 15.1. The third-order valence-electron chi connectivity index (χ3n) is 4.77. The molecule has 0 saturated heterocycles. The molecule has 3 heteroatoms. The molecule has 0 saturated carbocycles. The molecule has 2 aromatic rings. The molecule has 0 spiro atoms. The Kier molecular flexibility index (Phi) is 3.00. The highest BCUT2D eigenvalue weighted by Crippen LogP contribution is 2.49. The lowest BCUT2D eigenvalue weighted by Crippen LogP contribution is -2.29. The number of fused-ring (bicyclic) bond motifs is 3. The van der Waals surface area contributed by atoms with Gasteiger partial charge in [-0.15, -0.1) is 0 Å². The Labute approximate surface area is 129 Å². The van der Waals surface area contributed by atoms with Crippen molar-refractivity contribution in [3.8, 4) is 0 Å². The third kappa shape index (κ3) is 2.01. The summed E-state index contributed by atoms with van der Waals surface area (Å²) in [7, 11) is 0. The summed E-state index contributed by atoms with van der Waals surface area (Å²) in [4.78, 5) is 11.2. The minimum absolute atomic E-state index is 0.268. The van der Waals surface area contributed by atoms with Gasteiger partial charge in [-0.2, -0.15) is 0 Å². The zero-order valence-corrected chi connectivity index (χ0v) is 12.1. The van der Waals surface area contributed by atoms with Crippen LogP contribution >= 0.6 is 0 Å². The van der Waals surface area contributed by atoms with Gasteiger partial charge in [0.15, 0.2) is 0 Å². The monoisotopic (exact) mass is 291 g/mol. The minimum Gasteiger partial charge on any atom is -0.478 e. The lowest BCUT2D eigenvalue weighted by Gasteiger charge is -2.37. The number of nitrogens with one attached hydrogen (secondary N) is 1. The predicted octanol–water partition coefficient (Wildman–Crippen LogP) is 4.21. The normalized spacial score (nSPS) is 25.2. The summed E-state index contributed by atoms with van der Waals surface area (Å²) < 4.78 is 0. The second kappa shape index (κ2) is 5.02. The van der Waals surface area contributed by atoms with Gasteiger partial charge in [0.25, 0.3) is 0 Å². The number of hydrogen-bond donors (Lipinski definition) is 2. The Balaban J connectivity index is 1.79. The fourth-order valence-corrected chi connectivity index (χ4v) is 3.72. The van der Waals surface area contributed by atoms with Gasteiger partial charge in [0.2, 0.25) is 0 Å². The SMILES string of the molecule is O=C(O)c1ccc2c(c1)[C@H]1C=CC[C@H]1C(c1ccccc1)N2. The van der Waals surface area contributed by atoms with E-state index in [0.717, 1.165) is 17.7 Å². The van der Waals surface area contributed by atoms with Crippen LogP contribution in [0.4, 0.5) is 5.69 Å². The second-order valence-corrected chi connectivity index (χ2v) is 5.99. The van der Waals surface area contributed by atoms with Crippen LogP contribution < -0.4 is 5.32 Å². The molecule has 2 aliphatic rings. The molecule has 0 aromatic heterocycles. The van der Waals surface area contributed by atoms with Crippen LogP contribution in [-0.2, 0) is 0 Å². The van der Waals surface area contributed by atoms with Crippen molar-refractivity contribution in [3.05, 3.63) is 77.4 Å². The first-order valence-corrected chi connectivity index (χ1v) is 7.59. The maximum Gasteiger partial charge on any atom is 0.335 e. The Morgan fingerprint density at radius 2 is 1.95 bits per heavy atom. The highest BCUT2D eigenvalue weighted by atomic mass is 16.4. The number of rotatable bonds is 2. The number of carbonyl (C=O) groups is 1. The predicted molar refractivity (Wildman–Crippen MR) is 86.2 cm³/mol. The van der Waals surface area contributed by atoms with Gasteiger partial charge in [0.1, 0.15) is 0 Å². The number of benzene rings is 2. The molecule has 4 rings (SSSR count). The second-order valence-electron chi connectivity index (χ2n) is 5.99. The van der Waals surface area contributed by atoms with E-state index in [9.17, 15) is 9.90 Å². The molecule has 0 radical (unpaired) electrons. The fourth-order valence-electron chi connectivity index (χ4n) is 3.72. The number of aromatic carboxylic acids is 1. The van der Waals surface area contributed by atoms with Crippen molar-refractivity contribution < 1.29 is 9.90 Å². The zero-order valence-electron chi connectivity index (χ0n) is 12.1. The Morgan fingerprint density at radius 3 is 2.73 bits per heavy atom. The van der Waals surface area contributed by atoms with E-state index in [1.165, 1.54) is 5.56 Å². The van der Waals surface area contributed by atoms with Crippen molar-refractivity contribution in [1.29, 1.82) is 0 Å². The van der Waals surface area contributed by atoms with Crippen LogP contribution in [0.5, 0.6) is 0 Å². The van der Waals surface area contributed by atoms with E-state index >= 15 is 0 Å². The molecule has 110 valence electrons. The summed E-state index contributed by atoms with van der Waals surface area (Å²) in [5.41, 5.74) is 3.80. The van der Waals surface area contributed by atoms with Gasteiger partial charge in [0.05, 0.1) is 11.6 Å². The first kappa shape index (κ1) is 13.1. The summed E-state index contributed by atoms with van der Waals surface area (Å²) in [5, 5.41) is 12.8. The molecule has 2 aromatic carbocycles. The number of carboxylic acid groups (broad SMARTS) is 1. The number of anilines is 1. The molecule has 22 heavy (non-hydrogen) atoms. The molecule has 1 aliphatic heterocycles. The average molecular weight is 291 g/mol. The highest BCUT2D eigenvalue weighted by Gasteiger charge is 2.37. The van der Waals surface area contributed by atoms with Crippen LogP contribution in [0.2, 0.25) is 0 Å². The van der Waals surface area contributed by atoms with Gasteiger partial charge in [0, 0.05) is 11.6 Å². The molecule has 0 fully saturated rings. The summed E-state index contributed by atoms with van der Waals surface area (Å²) in [6, 6.07) is 16.1. The first-order valence-electron chi connectivity index (χ1n) is 7.59. The van der Waals surface area contributed by atoms with Crippen molar-refractivity contribution in [2.75, 3.05) is 5.32 Å². The summed E-state index contributed by atoms with van der Waals surface area (Å²) in [6.07, 6.45) is 5.47. The van der Waals surface area contributed by atoms with Crippen LogP contribution in [0, 0.1) is 5.92 Å². The molecule has 1 aliphatic carbocycles. The van der Waals surface area contributed by atoms with Crippen molar-refractivity contribution in [1.82, 2.24) is 0 Å². The Bertz CT molecular complexity index is 751. The average Bonchev–Trinajstić information content (AvgIpc) is 3.04. The Hall–Kier alpha value is -2.55. The standard InChI is InChI=1S/C19H17NO2/c21-19(22)13-9-10-17-16(11-13)14-7-4-8-15(14)18(20-17)12-5-2-1-3-6-12/h1-7,9-11,14-15,18,20H,8H2,(H,21,22)/t14-,15+,18?/m0/s1. The van der Waals surface area contributed by atoms with Crippen molar-refractivity contribution >= 4 is 11.7 Å². The fraction of sp³-hybridized carbons (Fsp3) is 0.211. The lowest BCUT2D eigenvalue weighted by molar-refractivity contribution is 0.0696. The highest BCUT2D eigenvalue weighted by molar-refractivity contribution is 5.89. The molecule has 2 N–H and O–H groups in total. The molecule has 0 amide bonds. The van der Waals surface area contributed by atoms with Crippen molar-refractivity contribution in [2.45, 2.75) is 18.4 Å². The Morgan fingerprint density at radius 1 is 1.14 bits per heavy atom. The third-order valence-corrected chi connectivity index (χ3v) is 4.77. The topological polar surface area (TPSA) is 49.3 Å². The molecule has 1 heterocycles. The van der Waals surface area contributed by atoms with E-state index in [2.05, 4.69) is 41.7 Å². The van der Waals surface area contributed by atoms with Crippen LogP contribution in [0.15, 0.2) is 60.7 Å². The van der Waals surface area contributed by atoms with E-state index in [0.29, 0.717) is 17.4 Å². The first-order chi connectivity index (χ1) is 10.7. The van der Waals surface area contributed by atoms with E-state index in [1.54, 1.807) is 6.07 Å². The smallest absolute Gasteiger partial charge is 0.335 e. The number of hydrogen-bond acceptors (Lipinski definition) is 2. The van der Waals surface area contributed by atoms with Crippen LogP contribution in [-0.4, -0.2) is 11.1 Å². The molecule has 3 atom stereocenters. The minimum atomic E-state index is -0.869. The maximum absolute atomic E-state index is 11.2. The quantitative estimate of drug-likeness (QED) is 0.815. The van der Waals surface area contributed by atoms with E-state index in [4.69, 9.17) is 0 Å². The molecule has 3 nitrogen and oxygen atoms in total. The van der Waals surface area contributed by atoms with Crippen LogP contribution in [0.25, 0.3) is 0 Å². The van der Waals surface area contributed by atoms with Crippen molar-refractivity contribution in [2.24, 2.45) is 5.92 Å². The van der Waals surface area contributed by atoms with Crippen LogP contribution in [0.3, 0.4) is 0 Å². The van der Waals surface area contributed by atoms with Crippen molar-refractivity contribution in [3.63, 3.8) is 0 Å². The van der Waals surface area contributed by atoms with Gasteiger partial charge in [-0.05, 0) is 41.7 Å². The van der Waals surface area contributed by atoms with E-state index in [1.807, 2.05) is 18.2 Å². The maximum atomic E-state index is 11.2. The van der Waals surface area contributed by atoms with Crippen LogP contribution in [0.1, 0.15) is 39.9 Å². The summed E-state index contributed by atoms with van der Waals surface area (Å²) >= 11 is 0. The summed E-state index contributed by atoms with van der Waals surface area (Å²) in [5.74, 6) is -0.133. The molecule has 1 unspecified atom stereocenters. The van der Waals surface area contributed by atoms with E-state index in [-0.39, 0.29) is 6.04 Å². The lowest BCUT2D eigenvalue weighted by atomic mass is 9.76. The van der Waals surface area contributed by atoms with Gasteiger partial charge >= 0.3 is 5.97 Å². The molecular weight excluding hydrogens is 274 g/mol.